The summed E-state index contributed by atoms with van der Waals surface area (Å²) in [5.74, 6) is 0.488. The van der Waals surface area contributed by atoms with Crippen molar-refractivity contribution < 1.29 is 4.39 Å². The van der Waals surface area contributed by atoms with Crippen LogP contribution in [0.4, 0.5) is 10.1 Å². The maximum atomic E-state index is 13.7. The Labute approximate surface area is 138 Å². The smallest absolute Gasteiger partial charge is 0.148 e. The van der Waals surface area contributed by atoms with E-state index in [1.54, 1.807) is 24.4 Å². The molecule has 0 amide bonds. The van der Waals surface area contributed by atoms with E-state index in [9.17, 15) is 4.39 Å². The highest BCUT2D eigenvalue weighted by Gasteiger charge is 2.10. The molecule has 4 heteroatoms. The first-order chi connectivity index (χ1) is 11.8. The van der Waals surface area contributed by atoms with Crippen LogP contribution in [0, 0.1) is 5.82 Å². The predicted molar refractivity (Wildman–Crippen MR) is 94.3 cm³/mol. The number of rotatable bonds is 3. The summed E-state index contributed by atoms with van der Waals surface area (Å²) in [6, 6.07) is 22.3. The third-order valence-electron chi connectivity index (χ3n) is 3.79. The van der Waals surface area contributed by atoms with Gasteiger partial charge in [-0.3, -0.25) is 9.39 Å². The molecular formula is C20H14FN3. The fourth-order valence-corrected chi connectivity index (χ4v) is 2.63. The number of fused-ring (bicyclic) bond motifs is 1. The molecule has 24 heavy (non-hydrogen) atoms. The lowest BCUT2D eigenvalue weighted by molar-refractivity contribution is 0.630. The number of aliphatic imine (C=N–C) groups is 1. The molecule has 0 aliphatic rings. The number of hydrogen-bond donors (Lipinski definition) is 0. The van der Waals surface area contributed by atoms with E-state index in [2.05, 4.69) is 4.99 Å². The molecule has 0 spiro atoms. The molecule has 0 bridgehead atoms. The van der Waals surface area contributed by atoms with Crippen LogP contribution in [0.3, 0.4) is 0 Å². The minimum absolute atomic E-state index is 0.302. The summed E-state index contributed by atoms with van der Waals surface area (Å²) >= 11 is 0. The number of halogens is 1. The van der Waals surface area contributed by atoms with Crippen molar-refractivity contribution >= 4 is 17.4 Å². The molecule has 0 saturated carbocycles. The van der Waals surface area contributed by atoms with Crippen LogP contribution in [-0.4, -0.2) is 15.6 Å². The van der Waals surface area contributed by atoms with Gasteiger partial charge in [0.2, 0.25) is 0 Å². The molecule has 4 aromatic rings. The van der Waals surface area contributed by atoms with Gasteiger partial charge < -0.3 is 0 Å². The van der Waals surface area contributed by atoms with Crippen LogP contribution in [-0.2, 0) is 0 Å². The van der Waals surface area contributed by atoms with Crippen molar-refractivity contribution in [1.29, 1.82) is 0 Å². The second-order valence-corrected chi connectivity index (χ2v) is 5.35. The highest BCUT2D eigenvalue weighted by molar-refractivity contribution is 5.90. The van der Waals surface area contributed by atoms with Gasteiger partial charge in [-0.25, -0.2) is 9.37 Å². The molecule has 0 N–H and O–H groups in total. The van der Waals surface area contributed by atoms with Crippen molar-refractivity contribution in [3.8, 4) is 11.4 Å². The molecule has 116 valence electrons. The summed E-state index contributed by atoms with van der Waals surface area (Å²) in [6.45, 7) is 0. The Kier molecular flexibility index (Phi) is 3.63. The van der Waals surface area contributed by atoms with Crippen molar-refractivity contribution in [1.82, 2.24) is 9.38 Å². The fourth-order valence-electron chi connectivity index (χ4n) is 2.63. The lowest BCUT2D eigenvalue weighted by Crippen LogP contribution is -1.87. The molecule has 0 fully saturated rings. The molecule has 0 aliphatic heterocycles. The van der Waals surface area contributed by atoms with Gasteiger partial charge in [0.05, 0.1) is 17.4 Å². The van der Waals surface area contributed by atoms with E-state index in [1.165, 1.54) is 6.07 Å². The molecule has 3 nitrogen and oxygen atoms in total. The minimum atomic E-state index is -0.347. The van der Waals surface area contributed by atoms with Crippen molar-refractivity contribution in [2.45, 2.75) is 0 Å². The number of imidazole rings is 1. The average molecular weight is 315 g/mol. The number of nitrogens with zero attached hydrogens (tertiary/aromatic N) is 3. The second-order valence-electron chi connectivity index (χ2n) is 5.35. The van der Waals surface area contributed by atoms with E-state index in [0.29, 0.717) is 11.4 Å². The standard InChI is InChI=1S/C20H14FN3/c21-16-10-4-5-11-17(16)22-14-18-19-12-6-7-13-24(19)20(23-18)15-8-2-1-3-9-15/h1-14H. The Morgan fingerprint density at radius 3 is 2.46 bits per heavy atom. The van der Waals surface area contributed by atoms with Crippen LogP contribution in [0.5, 0.6) is 0 Å². The van der Waals surface area contributed by atoms with Gasteiger partial charge in [-0.15, -0.1) is 0 Å². The van der Waals surface area contributed by atoms with Gasteiger partial charge in [-0.2, -0.15) is 0 Å². The summed E-state index contributed by atoms with van der Waals surface area (Å²) in [6.07, 6.45) is 3.57. The lowest BCUT2D eigenvalue weighted by Gasteiger charge is -1.99. The molecule has 0 unspecified atom stereocenters. The van der Waals surface area contributed by atoms with Crippen LogP contribution in [0.2, 0.25) is 0 Å². The van der Waals surface area contributed by atoms with E-state index < -0.39 is 0 Å². The Morgan fingerprint density at radius 1 is 0.875 bits per heavy atom. The zero-order valence-electron chi connectivity index (χ0n) is 12.8. The normalized spacial score (nSPS) is 11.4. The van der Waals surface area contributed by atoms with E-state index in [4.69, 9.17) is 4.98 Å². The van der Waals surface area contributed by atoms with E-state index in [-0.39, 0.29) is 5.82 Å². The van der Waals surface area contributed by atoms with Gasteiger partial charge in [0.25, 0.3) is 0 Å². The summed E-state index contributed by atoms with van der Waals surface area (Å²) in [5, 5.41) is 0. The van der Waals surface area contributed by atoms with E-state index >= 15 is 0 Å². The first-order valence-electron chi connectivity index (χ1n) is 7.64. The molecule has 2 aromatic heterocycles. The molecule has 2 aromatic carbocycles. The first kappa shape index (κ1) is 14.3. The Bertz CT molecular complexity index is 1020. The van der Waals surface area contributed by atoms with Gasteiger partial charge in [-0.05, 0) is 24.3 Å². The summed E-state index contributed by atoms with van der Waals surface area (Å²) in [5.41, 5.74) is 2.95. The van der Waals surface area contributed by atoms with Crippen LogP contribution in [0.1, 0.15) is 5.69 Å². The fraction of sp³-hybridized carbons (Fsp3) is 0. The SMILES string of the molecule is Fc1ccccc1N=Cc1nc(-c2ccccc2)n2ccccc12. The van der Waals surface area contributed by atoms with Crippen molar-refractivity contribution in [3.05, 3.63) is 90.5 Å². The second kappa shape index (κ2) is 6.08. The van der Waals surface area contributed by atoms with E-state index in [0.717, 1.165) is 16.9 Å². The summed E-state index contributed by atoms with van der Waals surface area (Å²) < 4.78 is 15.7. The number of pyridine rings is 1. The maximum Gasteiger partial charge on any atom is 0.148 e. The monoisotopic (exact) mass is 315 g/mol. The number of benzene rings is 2. The van der Waals surface area contributed by atoms with Gasteiger partial charge in [0.15, 0.2) is 0 Å². The van der Waals surface area contributed by atoms with Gasteiger partial charge >= 0.3 is 0 Å². The molecular weight excluding hydrogens is 301 g/mol. The number of aromatic nitrogens is 2. The minimum Gasteiger partial charge on any atom is -0.299 e. The van der Waals surface area contributed by atoms with Crippen LogP contribution >= 0.6 is 0 Å². The molecule has 4 rings (SSSR count). The number of para-hydroxylation sites is 1. The average Bonchev–Trinajstić information content (AvgIpc) is 3.01. The molecule has 0 radical (unpaired) electrons. The Balaban J connectivity index is 1.84. The third-order valence-corrected chi connectivity index (χ3v) is 3.79. The van der Waals surface area contributed by atoms with Gasteiger partial charge in [-0.1, -0.05) is 48.5 Å². The predicted octanol–water partition coefficient (Wildman–Crippen LogP) is 4.89. The van der Waals surface area contributed by atoms with Crippen LogP contribution in [0.15, 0.2) is 84.0 Å². The van der Waals surface area contributed by atoms with Gasteiger partial charge in [0.1, 0.15) is 17.3 Å². The maximum absolute atomic E-state index is 13.7. The quantitative estimate of drug-likeness (QED) is 0.495. The molecule has 0 atom stereocenters. The van der Waals surface area contributed by atoms with Crippen molar-refractivity contribution in [3.63, 3.8) is 0 Å². The molecule has 0 saturated heterocycles. The topological polar surface area (TPSA) is 29.7 Å². The van der Waals surface area contributed by atoms with Crippen LogP contribution < -0.4 is 0 Å². The molecule has 2 heterocycles. The zero-order valence-corrected chi connectivity index (χ0v) is 12.8. The summed E-state index contributed by atoms with van der Waals surface area (Å²) in [4.78, 5) is 8.95. The van der Waals surface area contributed by atoms with Crippen molar-refractivity contribution in [2.24, 2.45) is 4.99 Å². The third kappa shape index (κ3) is 2.58. The van der Waals surface area contributed by atoms with Crippen LogP contribution in [0.25, 0.3) is 16.9 Å². The van der Waals surface area contributed by atoms with E-state index in [1.807, 2.05) is 59.1 Å². The zero-order chi connectivity index (χ0) is 16.4. The van der Waals surface area contributed by atoms with Gasteiger partial charge in [0, 0.05) is 11.8 Å². The van der Waals surface area contributed by atoms with Crippen molar-refractivity contribution in [2.75, 3.05) is 0 Å². The Hall–Kier alpha value is -3.27. The highest BCUT2D eigenvalue weighted by atomic mass is 19.1. The highest BCUT2D eigenvalue weighted by Crippen LogP contribution is 2.23. The molecule has 0 aliphatic carbocycles. The largest absolute Gasteiger partial charge is 0.299 e. The number of hydrogen-bond acceptors (Lipinski definition) is 2. The Morgan fingerprint density at radius 2 is 1.62 bits per heavy atom. The lowest BCUT2D eigenvalue weighted by atomic mass is 10.2. The summed E-state index contributed by atoms with van der Waals surface area (Å²) in [7, 11) is 0. The first-order valence-corrected chi connectivity index (χ1v) is 7.64.